The van der Waals surface area contributed by atoms with Crippen molar-refractivity contribution in [1.29, 1.82) is 0 Å². The van der Waals surface area contributed by atoms with Crippen molar-refractivity contribution in [3.05, 3.63) is 45.1 Å². The van der Waals surface area contributed by atoms with Gasteiger partial charge in [0.25, 0.3) is 0 Å². The molecule has 0 amide bonds. The lowest BCUT2D eigenvalue weighted by atomic mass is 10.00. The number of pyridine rings is 1. The van der Waals surface area contributed by atoms with E-state index >= 15 is 0 Å². The average Bonchev–Trinajstić information content (AvgIpc) is 2.54. The van der Waals surface area contributed by atoms with E-state index in [0.717, 1.165) is 12.3 Å². The first-order chi connectivity index (χ1) is 12.4. The maximum absolute atomic E-state index is 12.5. The molecule has 0 unspecified atom stereocenters. The molecule has 2 aromatic rings. The van der Waals surface area contributed by atoms with Crippen molar-refractivity contribution in [1.82, 2.24) is 4.98 Å². The highest BCUT2D eigenvalue weighted by Crippen LogP contribution is 2.41. The molecule has 0 spiro atoms. The second-order valence-corrected chi connectivity index (χ2v) is 7.00. The fourth-order valence-corrected chi connectivity index (χ4v) is 2.81. The van der Waals surface area contributed by atoms with Crippen molar-refractivity contribution in [3.8, 4) is 22.8 Å². The molecule has 8 nitrogen and oxygen atoms in total. The van der Waals surface area contributed by atoms with Gasteiger partial charge in [-0.05, 0) is 36.2 Å². The maximum atomic E-state index is 12.5. The van der Waals surface area contributed by atoms with Crippen LogP contribution in [0, 0.1) is 17.0 Å². The quantitative estimate of drug-likeness (QED) is 0.309. The van der Waals surface area contributed by atoms with Gasteiger partial charge in [-0.25, -0.2) is 4.98 Å². The van der Waals surface area contributed by atoms with Crippen LogP contribution in [0.4, 0.5) is 18.9 Å². The van der Waals surface area contributed by atoms with Gasteiger partial charge in [0.1, 0.15) is 5.75 Å². The van der Waals surface area contributed by atoms with Gasteiger partial charge < -0.3 is 8.92 Å². The Morgan fingerprint density at radius 3 is 2.41 bits per heavy atom. The van der Waals surface area contributed by atoms with Gasteiger partial charge in [-0.1, -0.05) is 11.6 Å². The summed E-state index contributed by atoms with van der Waals surface area (Å²) in [6.07, 6.45) is 0.876. The zero-order valence-corrected chi connectivity index (χ0v) is 15.1. The Morgan fingerprint density at radius 1 is 1.26 bits per heavy atom. The molecule has 0 saturated carbocycles. The highest BCUT2D eigenvalue weighted by atomic mass is 35.5. The van der Waals surface area contributed by atoms with Crippen molar-refractivity contribution in [2.24, 2.45) is 0 Å². The molecule has 1 heterocycles. The highest BCUT2D eigenvalue weighted by molar-refractivity contribution is 7.88. The number of rotatable bonds is 5. The number of hydrogen-bond acceptors (Lipinski definition) is 7. The Kier molecular flexibility index (Phi) is 5.52. The minimum absolute atomic E-state index is 0.0783. The van der Waals surface area contributed by atoms with Gasteiger partial charge in [-0.15, -0.1) is 0 Å². The Morgan fingerprint density at radius 2 is 1.89 bits per heavy atom. The average molecular weight is 427 g/mol. The zero-order chi connectivity index (χ0) is 20.6. The molecule has 0 fully saturated rings. The number of ether oxygens (including phenoxy) is 1. The highest BCUT2D eigenvalue weighted by Gasteiger charge is 2.50. The minimum atomic E-state index is -6.15. The smallest absolute Gasteiger partial charge is 0.495 e. The SMILES string of the molecule is COc1cc(C)c(-c2ccnc(OS(=O)(=O)C(F)(F)F)c2[N+](=O)[O-])cc1Cl. The van der Waals surface area contributed by atoms with Crippen LogP contribution in [0.2, 0.25) is 5.02 Å². The molecule has 1 aromatic carbocycles. The molecular weight excluding hydrogens is 417 g/mol. The predicted octanol–water partition coefficient (Wildman–Crippen LogP) is 3.86. The number of halogens is 4. The molecule has 0 saturated heterocycles. The third-order valence-electron chi connectivity index (χ3n) is 3.33. The fourth-order valence-electron chi connectivity index (χ4n) is 2.14. The summed E-state index contributed by atoms with van der Waals surface area (Å²) in [6, 6.07) is 3.87. The van der Waals surface area contributed by atoms with E-state index in [1.807, 2.05) is 0 Å². The molecule has 0 aliphatic heterocycles. The van der Waals surface area contributed by atoms with Crippen molar-refractivity contribution in [3.63, 3.8) is 0 Å². The molecule has 0 aliphatic carbocycles. The second kappa shape index (κ2) is 7.19. The van der Waals surface area contributed by atoms with E-state index in [4.69, 9.17) is 16.3 Å². The maximum Gasteiger partial charge on any atom is 0.534 e. The van der Waals surface area contributed by atoms with Gasteiger partial charge in [0.05, 0.1) is 22.6 Å². The van der Waals surface area contributed by atoms with Crippen LogP contribution in [0.1, 0.15) is 5.56 Å². The number of aromatic nitrogens is 1. The minimum Gasteiger partial charge on any atom is -0.495 e. The largest absolute Gasteiger partial charge is 0.534 e. The lowest BCUT2D eigenvalue weighted by Gasteiger charge is -2.13. The van der Waals surface area contributed by atoms with Gasteiger partial charge >= 0.3 is 27.2 Å². The number of nitrogens with zero attached hydrogens (tertiary/aromatic N) is 2. The number of methoxy groups -OCH3 is 1. The van der Waals surface area contributed by atoms with Crippen LogP contribution < -0.4 is 8.92 Å². The van der Waals surface area contributed by atoms with Gasteiger partial charge in [-0.2, -0.15) is 21.6 Å². The summed E-state index contributed by atoms with van der Waals surface area (Å²) in [4.78, 5) is 13.6. The normalized spacial score (nSPS) is 11.9. The number of alkyl halides is 3. The van der Waals surface area contributed by atoms with Crippen LogP contribution in [0.25, 0.3) is 11.1 Å². The third-order valence-corrected chi connectivity index (χ3v) is 4.57. The molecule has 0 radical (unpaired) electrons. The zero-order valence-electron chi connectivity index (χ0n) is 13.6. The monoisotopic (exact) mass is 426 g/mol. The van der Waals surface area contributed by atoms with Crippen molar-refractivity contribution >= 4 is 27.4 Å². The lowest BCUT2D eigenvalue weighted by molar-refractivity contribution is -0.385. The van der Waals surface area contributed by atoms with Gasteiger partial charge in [0.15, 0.2) is 0 Å². The fraction of sp³-hybridized carbons (Fsp3) is 0.214. The van der Waals surface area contributed by atoms with Crippen LogP contribution in [0.15, 0.2) is 24.4 Å². The first-order valence-electron chi connectivity index (χ1n) is 6.87. The molecule has 1 aromatic heterocycles. The summed E-state index contributed by atoms with van der Waals surface area (Å²) in [5, 5.41) is 11.5. The summed E-state index contributed by atoms with van der Waals surface area (Å²) < 4.78 is 68.9. The lowest BCUT2D eigenvalue weighted by Crippen LogP contribution is -2.28. The topological polar surface area (TPSA) is 109 Å². The summed E-state index contributed by atoms with van der Waals surface area (Å²) in [5.74, 6) is -1.05. The summed E-state index contributed by atoms with van der Waals surface area (Å²) in [5.41, 5.74) is -6.49. The van der Waals surface area contributed by atoms with Gasteiger partial charge in [0, 0.05) is 6.20 Å². The number of benzene rings is 1. The van der Waals surface area contributed by atoms with Crippen LogP contribution in [0.5, 0.6) is 11.6 Å². The molecular formula is C14H10ClF3N2O6S. The first-order valence-corrected chi connectivity index (χ1v) is 8.66. The van der Waals surface area contributed by atoms with Crippen molar-refractivity contribution < 1.29 is 35.4 Å². The third kappa shape index (κ3) is 4.06. The molecule has 27 heavy (non-hydrogen) atoms. The van der Waals surface area contributed by atoms with Crippen LogP contribution in [0.3, 0.4) is 0 Å². The number of hydrogen-bond donors (Lipinski definition) is 0. The first kappa shape index (κ1) is 20.7. The van der Waals surface area contributed by atoms with Crippen molar-refractivity contribution in [2.75, 3.05) is 7.11 Å². The molecule has 2 rings (SSSR count). The van der Waals surface area contributed by atoms with Crippen molar-refractivity contribution in [2.45, 2.75) is 12.4 Å². The van der Waals surface area contributed by atoms with Crippen LogP contribution in [-0.4, -0.2) is 30.9 Å². The van der Waals surface area contributed by atoms with E-state index in [2.05, 4.69) is 9.17 Å². The van der Waals surface area contributed by atoms with E-state index in [1.165, 1.54) is 19.2 Å². The summed E-state index contributed by atoms with van der Waals surface area (Å²) in [6.45, 7) is 1.55. The van der Waals surface area contributed by atoms with E-state index in [0.29, 0.717) is 5.56 Å². The molecule has 0 aliphatic rings. The molecule has 13 heteroatoms. The number of nitro groups is 1. The standard InChI is InChI=1S/C14H10ClF3N2O6S/c1-7-5-11(25-2)10(15)6-9(7)8-3-4-19-13(12(8)20(21)22)26-27(23,24)14(16,17)18/h3-6H,1-2H3. The Labute approximate surface area is 155 Å². The Bertz CT molecular complexity index is 1010. The van der Waals surface area contributed by atoms with Crippen LogP contribution >= 0.6 is 11.6 Å². The molecule has 146 valence electrons. The van der Waals surface area contributed by atoms with E-state index in [9.17, 15) is 31.7 Å². The van der Waals surface area contributed by atoms with E-state index in [1.54, 1.807) is 6.92 Å². The molecule has 0 N–H and O–H groups in total. The summed E-state index contributed by atoms with van der Waals surface area (Å²) in [7, 11) is -4.80. The Balaban J connectivity index is 2.71. The molecule has 0 bridgehead atoms. The predicted molar refractivity (Wildman–Crippen MR) is 88.2 cm³/mol. The van der Waals surface area contributed by atoms with Crippen LogP contribution in [-0.2, 0) is 10.1 Å². The van der Waals surface area contributed by atoms with E-state index in [-0.39, 0.29) is 21.9 Å². The second-order valence-electron chi connectivity index (χ2n) is 5.05. The van der Waals surface area contributed by atoms with Gasteiger partial charge in [0.2, 0.25) is 0 Å². The van der Waals surface area contributed by atoms with Gasteiger partial charge in [-0.3, -0.25) is 10.1 Å². The summed E-state index contributed by atoms with van der Waals surface area (Å²) >= 11 is 6.00. The molecule has 0 atom stereocenters. The van der Waals surface area contributed by atoms with E-state index < -0.39 is 32.1 Å². The Hall–Kier alpha value is -2.60. The number of aryl methyl sites for hydroxylation is 1.